The van der Waals surface area contributed by atoms with Crippen LogP contribution < -0.4 is 10.1 Å². The molecule has 2 aliphatic heterocycles. The molecular weight excluding hydrogens is 334 g/mol. The number of aromatic nitrogens is 1. The molecule has 1 aromatic carbocycles. The summed E-state index contributed by atoms with van der Waals surface area (Å²) in [5.41, 5.74) is 2.09. The van der Waals surface area contributed by atoms with E-state index in [1.165, 1.54) is 4.90 Å². The standard InChI is InChI=1S/C19H17N3O4/c23-17-8-7-15(18(24)21-17)22-10-14-13(19(22)25)5-3-6-16(14)26-11-12-4-1-2-9-20-12/h1-6,9,15H,7-8,10-11H2,(H,21,23,24). The van der Waals surface area contributed by atoms with Crippen LogP contribution in [0.4, 0.5) is 0 Å². The number of carbonyl (C=O) groups excluding carboxylic acids is 3. The van der Waals surface area contributed by atoms with Crippen LogP contribution in [0.15, 0.2) is 42.6 Å². The van der Waals surface area contributed by atoms with Crippen molar-refractivity contribution in [2.75, 3.05) is 0 Å². The average Bonchev–Trinajstić information content (AvgIpc) is 2.98. The van der Waals surface area contributed by atoms with Crippen molar-refractivity contribution in [1.29, 1.82) is 0 Å². The van der Waals surface area contributed by atoms with Gasteiger partial charge in [0, 0.05) is 23.7 Å². The first-order chi connectivity index (χ1) is 12.6. The van der Waals surface area contributed by atoms with Gasteiger partial charge in [0.25, 0.3) is 5.91 Å². The third kappa shape index (κ3) is 2.92. The monoisotopic (exact) mass is 351 g/mol. The van der Waals surface area contributed by atoms with Crippen LogP contribution in [-0.4, -0.2) is 33.6 Å². The zero-order valence-electron chi connectivity index (χ0n) is 14.0. The van der Waals surface area contributed by atoms with Gasteiger partial charge in [-0.15, -0.1) is 0 Å². The molecule has 7 heteroatoms. The first kappa shape index (κ1) is 16.3. The van der Waals surface area contributed by atoms with Gasteiger partial charge in [-0.1, -0.05) is 12.1 Å². The summed E-state index contributed by atoms with van der Waals surface area (Å²) >= 11 is 0. The molecule has 26 heavy (non-hydrogen) atoms. The SMILES string of the molecule is O=C1CCC(N2Cc3c(OCc4ccccn4)cccc3C2=O)C(=O)N1. The van der Waals surface area contributed by atoms with E-state index in [4.69, 9.17) is 4.74 Å². The fourth-order valence-electron chi connectivity index (χ4n) is 3.33. The van der Waals surface area contributed by atoms with E-state index in [0.717, 1.165) is 11.3 Å². The summed E-state index contributed by atoms with van der Waals surface area (Å²) in [6, 6.07) is 10.3. The molecule has 1 unspecified atom stereocenters. The van der Waals surface area contributed by atoms with Gasteiger partial charge in [-0.2, -0.15) is 0 Å². The van der Waals surface area contributed by atoms with E-state index in [-0.39, 0.29) is 18.2 Å². The normalized spacial score (nSPS) is 19.3. The molecule has 3 amide bonds. The predicted molar refractivity (Wildman–Crippen MR) is 91.1 cm³/mol. The number of piperidine rings is 1. The molecule has 1 aromatic heterocycles. The van der Waals surface area contributed by atoms with E-state index in [1.54, 1.807) is 18.3 Å². The summed E-state index contributed by atoms with van der Waals surface area (Å²) in [5.74, 6) is -0.317. The summed E-state index contributed by atoms with van der Waals surface area (Å²) < 4.78 is 5.87. The predicted octanol–water partition coefficient (Wildman–Crippen LogP) is 1.42. The number of benzene rings is 1. The fraction of sp³-hybridized carbons (Fsp3) is 0.263. The number of hydrogen-bond acceptors (Lipinski definition) is 5. The molecule has 2 aliphatic rings. The molecule has 7 nitrogen and oxygen atoms in total. The fourth-order valence-corrected chi connectivity index (χ4v) is 3.33. The molecule has 1 fully saturated rings. The van der Waals surface area contributed by atoms with Gasteiger partial charge < -0.3 is 9.64 Å². The van der Waals surface area contributed by atoms with Gasteiger partial charge >= 0.3 is 0 Å². The van der Waals surface area contributed by atoms with E-state index in [0.29, 0.717) is 30.9 Å². The highest BCUT2D eigenvalue weighted by atomic mass is 16.5. The van der Waals surface area contributed by atoms with Crippen molar-refractivity contribution in [3.8, 4) is 5.75 Å². The molecule has 0 aliphatic carbocycles. The molecule has 3 heterocycles. The second-order valence-electron chi connectivity index (χ2n) is 6.29. The minimum absolute atomic E-state index is 0.210. The van der Waals surface area contributed by atoms with Gasteiger partial charge in [-0.05, 0) is 30.7 Å². The Hall–Kier alpha value is -3.22. The number of nitrogens with one attached hydrogen (secondary N) is 1. The van der Waals surface area contributed by atoms with Gasteiger partial charge in [0.1, 0.15) is 18.4 Å². The van der Waals surface area contributed by atoms with Crippen LogP contribution in [0.5, 0.6) is 5.75 Å². The van der Waals surface area contributed by atoms with Gasteiger partial charge in [0.15, 0.2) is 0 Å². The molecule has 1 atom stereocenters. The van der Waals surface area contributed by atoms with Crippen molar-refractivity contribution >= 4 is 17.7 Å². The van der Waals surface area contributed by atoms with E-state index >= 15 is 0 Å². The topological polar surface area (TPSA) is 88.6 Å². The zero-order chi connectivity index (χ0) is 18.1. The quantitative estimate of drug-likeness (QED) is 0.842. The number of carbonyl (C=O) groups is 3. The van der Waals surface area contributed by atoms with Crippen LogP contribution >= 0.6 is 0 Å². The van der Waals surface area contributed by atoms with E-state index < -0.39 is 11.9 Å². The lowest BCUT2D eigenvalue weighted by atomic mass is 10.0. The van der Waals surface area contributed by atoms with Crippen LogP contribution in [0.2, 0.25) is 0 Å². The Balaban J connectivity index is 1.54. The summed E-state index contributed by atoms with van der Waals surface area (Å²) in [4.78, 5) is 41.9. The maximum absolute atomic E-state index is 12.7. The lowest BCUT2D eigenvalue weighted by Crippen LogP contribution is -2.52. The van der Waals surface area contributed by atoms with E-state index in [2.05, 4.69) is 10.3 Å². The third-order valence-electron chi connectivity index (χ3n) is 4.64. The molecular formula is C19H17N3O4. The van der Waals surface area contributed by atoms with Crippen molar-refractivity contribution in [3.63, 3.8) is 0 Å². The number of pyridine rings is 1. The average molecular weight is 351 g/mol. The Morgan fingerprint density at radius 1 is 1.15 bits per heavy atom. The number of fused-ring (bicyclic) bond motifs is 1. The second kappa shape index (κ2) is 6.59. The minimum Gasteiger partial charge on any atom is -0.487 e. The molecule has 1 saturated heterocycles. The highest BCUT2D eigenvalue weighted by molar-refractivity contribution is 6.05. The Morgan fingerprint density at radius 3 is 2.81 bits per heavy atom. The van der Waals surface area contributed by atoms with Crippen LogP contribution in [0.1, 0.15) is 34.5 Å². The van der Waals surface area contributed by atoms with Crippen molar-refractivity contribution < 1.29 is 19.1 Å². The Kier molecular flexibility index (Phi) is 4.12. The van der Waals surface area contributed by atoms with E-state index in [9.17, 15) is 14.4 Å². The molecule has 132 valence electrons. The second-order valence-corrected chi connectivity index (χ2v) is 6.29. The van der Waals surface area contributed by atoms with Crippen molar-refractivity contribution in [2.45, 2.75) is 32.0 Å². The Morgan fingerprint density at radius 2 is 2.04 bits per heavy atom. The largest absolute Gasteiger partial charge is 0.487 e. The molecule has 0 spiro atoms. The summed E-state index contributed by atoms with van der Waals surface area (Å²) in [7, 11) is 0. The Bertz CT molecular complexity index is 882. The molecule has 0 radical (unpaired) electrons. The van der Waals surface area contributed by atoms with Crippen LogP contribution in [0.3, 0.4) is 0 Å². The number of nitrogens with zero attached hydrogens (tertiary/aromatic N) is 2. The molecule has 4 rings (SSSR count). The lowest BCUT2D eigenvalue weighted by molar-refractivity contribution is -0.136. The van der Waals surface area contributed by atoms with Crippen molar-refractivity contribution in [2.24, 2.45) is 0 Å². The highest BCUT2D eigenvalue weighted by Gasteiger charge is 2.40. The first-order valence-electron chi connectivity index (χ1n) is 8.43. The van der Waals surface area contributed by atoms with Crippen LogP contribution in [0.25, 0.3) is 0 Å². The summed E-state index contributed by atoms with van der Waals surface area (Å²) in [6.45, 7) is 0.586. The number of rotatable bonds is 4. The molecule has 2 aromatic rings. The molecule has 0 bridgehead atoms. The van der Waals surface area contributed by atoms with Gasteiger partial charge in [0.2, 0.25) is 11.8 Å². The highest BCUT2D eigenvalue weighted by Crippen LogP contribution is 2.33. The zero-order valence-corrected chi connectivity index (χ0v) is 14.0. The molecule has 0 saturated carbocycles. The molecule has 1 N–H and O–H groups in total. The van der Waals surface area contributed by atoms with Crippen molar-refractivity contribution in [3.05, 3.63) is 59.4 Å². The number of imide groups is 1. The smallest absolute Gasteiger partial charge is 0.255 e. The maximum Gasteiger partial charge on any atom is 0.255 e. The summed E-state index contributed by atoms with van der Waals surface area (Å²) in [5, 5.41) is 2.30. The van der Waals surface area contributed by atoms with Crippen LogP contribution in [0, 0.1) is 0 Å². The first-order valence-corrected chi connectivity index (χ1v) is 8.43. The lowest BCUT2D eigenvalue weighted by Gasteiger charge is -2.29. The maximum atomic E-state index is 12.7. The Labute approximate surface area is 150 Å². The third-order valence-corrected chi connectivity index (χ3v) is 4.64. The van der Waals surface area contributed by atoms with Gasteiger partial charge in [-0.25, -0.2) is 0 Å². The number of hydrogen-bond donors (Lipinski definition) is 1. The van der Waals surface area contributed by atoms with Gasteiger partial charge in [0.05, 0.1) is 12.2 Å². The summed E-state index contributed by atoms with van der Waals surface area (Å²) in [6.07, 6.45) is 2.27. The van der Waals surface area contributed by atoms with E-state index in [1.807, 2.05) is 24.3 Å². The van der Waals surface area contributed by atoms with Crippen LogP contribution in [-0.2, 0) is 22.7 Å². The minimum atomic E-state index is -0.628. The van der Waals surface area contributed by atoms with Crippen molar-refractivity contribution in [1.82, 2.24) is 15.2 Å². The number of amides is 3. The van der Waals surface area contributed by atoms with Gasteiger partial charge in [-0.3, -0.25) is 24.7 Å². The number of ether oxygens (including phenoxy) is 1.